The highest BCUT2D eigenvalue weighted by Crippen LogP contribution is 2.19. The van der Waals surface area contributed by atoms with E-state index in [4.69, 9.17) is 4.42 Å². The first-order valence-electron chi connectivity index (χ1n) is 8.34. The molecule has 0 radical (unpaired) electrons. The topological polar surface area (TPSA) is 65.8 Å². The van der Waals surface area contributed by atoms with E-state index in [0.29, 0.717) is 18.3 Å². The molecule has 6 nitrogen and oxygen atoms in total. The molecule has 25 heavy (non-hydrogen) atoms. The van der Waals surface area contributed by atoms with Crippen LogP contribution in [0.1, 0.15) is 19.2 Å². The lowest BCUT2D eigenvalue weighted by atomic mass is 10.2. The van der Waals surface area contributed by atoms with E-state index in [1.54, 1.807) is 9.13 Å². The summed E-state index contributed by atoms with van der Waals surface area (Å²) in [6.45, 7) is 3.00. The molecule has 0 unspecified atom stereocenters. The van der Waals surface area contributed by atoms with Gasteiger partial charge in [-0.1, -0.05) is 37.3 Å². The first-order chi connectivity index (χ1) is 12.3. The van der Waals surface area contributed by atoms with E-state index in [0.717, 1.165) is 23.0 Å². The van der Waals surface area contributed by atoms with Gasteiger partial charge in [0, 0.05) is 12.1 Å². The van der Waals surface area contributed by atoms with E-state index in [9.17, 15) is 4.79 Å². The fraction of sp³-hybridized carbons (Fsp3) is 0.211. The van der Waals surface area contributed by atoms with Crippen LogP contribution in [0.15, 0.2) is 63.8 Å². The minimum atomic E-state index is -0.0532. The molecular weight excluding hydrogens is 316 g/mol. The van der Waals surface area contributed by atoms with Gasteiger partial charge in [-0.3, -0.25) is 9.13 Å². The van der Waals surface area contributed by atoms with Crippen LogP contribution in [0.4, 0.5) is 0 Å². The van der Waals surface area contributed by atoms with E-state index in [1.165, 1.54) is 0 Å². The van der Waals surface area contributed by atoms with Crippen molar-refractivity contribution in [3.8, 4) is 11.5 Å². The first-order valence-corrected chi connectivity index (χ1v) is 8.34. The highest BCUT2D eigenvalue weighted by atomic mass is 16.4. The highest BCUT2D eigenvalue weighted by Gasteiger charge is 2.15. The van der Waals surface area contributed by atoms with Gasteiger partial charge in [-0.15, -0.1) is 10.2 Å². The molecule has 0 aliphatic heterocycles. The Bertz CT molecular complexity index is 1060. The Morgan fingerprint density at radius 3 is 2.32 bits per heavy atom. The van der Waals surface area contributed by atoms with Gasteiger partial charge in [0.1, 0.15) is 6.54 Å². The van der Waals surface area contributed by atoms with Crippen molar-refractivity contribution in [2.75, 3.05) is 0 Å². The average molecular weight is 334 g/mol. The summed E-state index contributed by atoms with van der Waals surface area (Å²) in [5, 5.41) is 8.20. The van der Waals surface area contributed by atoms with E-state index < -0.39 is 0 Å². The number of imidazole rings is 1. The molecule has 0 fully saturated rings. The number of aryl methyl sites for hydroxylation is 1. The van der Waals surface area contributed by atoms with Crippen LogP contribution in [0, 0.1) is 0 Å². The second-order valence-corrected chi connectivity index (χ2v) is 5.88. The van der Waals surface area contributed by atoms with Crippen molar-refractivity contribution in [1.82, 2.24) is 19.3 Å². The minimum absolute atomic E-state index is 0.0532. The number of benzene rings is 2. The average Bonchev–Trinajstić information content (AvgIpc) is 3.22. The maximum atomic E-state index is 12.8. The number of hydrogen-bond donors (Lipinski definition) is 0. The molecule has 0 N–H and O–H groups in total. The number of aromatic nitrogens is 4. The monoisotopic (exact) mass is 334 g/mol. The second kappa shape index (κ2) is 6.39. The van der Waals surface area contributed by atoms with Crippen molar-refractivity contribution in [3.05, 3.63) is 71.0 Å². The maximum Gasteiger partial charge on any atom is 0.329 e. The number of rotatable bonds is 5. The van der Waals surface area contributed by atoms with Gasteiger partial charge in [0.2, 0.25) is 11.8 Å². The smallest absolute Gasteiger partial charge is 0.329 e. The summed E-state index contributed by atoms with van der Waals surface area (Å²) in [6, 6.07) is 17.4. The second-order valence-electron chi connectivity index (χ2n) is 5.88. The van der Waals surface area contributed by atoms with Crippen LogP contribution < -0.4 is 5.69 Å². The number of fused-ring (bicyclic) bond motifs is 1. The molecule has 0 spiro atoms. The molecular formula is C19H18N4O2. The fourth-order valence-electron chi connectivity index (χ4n) is 3.02. The quantitative estimate of drug-likeness (QED) is 0.561. The van der Waals surface area contributed by atoms with E-state index >= 15 is 0 Å². The first kappa shape index (κ1) is 15.4. The van der Waals surface area contributed by atoms with Crippen molar-refractivity contribution in [2.24, 2.45) is 0 Å². The summed E-state index contributed by atoms with van der Waals surface area (Å²) < 4.78 is 9.24. The standard InChI is InChI=1S/C19H18N4O2/c1-2-12-22-15-10-6-7-11-16(15)23(19(22)24)13-17-20-21-18(25-17)14-8-4-3-5-9-14/h3-11H,2,12-13H2,1H3. The third-order valence-electron chi connectivity index (χ3n) is 4.15. The van der Waals surface area contributed by atoms with E-state index in [2.05, 4.69) is 17.1 Å². The van der Waals surface area contributed by atoms with Crippen molar-refractivity contribution in [2.45, 2.75) is 26.4 Å². The van der Waals surface area contributed by atoms with Crippen LogP contribution in [-0.4, -0.2) is 19.3 Å². The Kier molecular flexibility index (Phi) is 3.93. The van der Waals surface area contributed by atoms with Gasteiger partial charge in [0.05, 0.1) is 11.0 Å². The lowest BCUT2D eigenvalue weighted by molar-refractivity contribution is 0.484. The van der Waals surface area contributed by atoms with Gasteiger partial charge in [-0.05, 0) is 30.7 Å². The van der Waals surface area contributed by atoms with Crippen molar-refractivity contribution >= 4 is 11.0 Å². The predicted molar refractivity (Wildman–Crippen MR) is 95.3 cm³/mol. The SMILES string of the molecule is CCCn1c(=O)n(Cc2nnc(-c3ccccc3)o2)c2ccccc21. The summed E-state index contributed by atoms with van der Waals surface area (Å²) in [5.41, 5.74) is 2.61. The van der Waals surface area contributed by atoms with Crippen LogP contribution in [0.2, 0.25) is 0 Å². The molecule has 2 aromatic carbocycles. The van der Waals surface area contributed by atoms with Crippen molar-refractivity contribution < 1.29 is 4.42 Å². The van der Waals surface area contributed by atoms with Gasteiger partial charge in [-0.2, -0.15) is 0 Å². The molecule has 6 heteroatoms. The molecule has 0 aliphatic carbocycles. The number of nitrogens with zero attached hydrogens (tertiary/aromatic N) is 4. The highest BCUT2D eigenvalue weighted by molar-refractivity contribution is 5.76. The molecule has 2 aromatic heterocycles. The molecule has 0 amide bonds. The Balaban J connectivity index is 1.73. The lowest BCUT2D eigenvalue weighted by Gasteiger charge is -1.98. The van der Waals surface area contributed by atoms with Crippen molar-refractivity contribution in [1.29, 1.82) is 0 Å². The summed E-state index contributed by atoms with van der Waals surface area (Å²) in [4.78, 5) is 12.8. The van der Waals surface area contributed by atoms with Gasteiger partial charge in [0.15, 0.2) is 0 Å². The summed E-state index contributed by atoms with van der Waals surface area (Å²) in [6.07, 6.45) is 0.895. The fourth-order valence-corrected chi connectivity index (χ4v) is 3.02. The lowest BCUT2D eigenvalue weighted by Crippen LogP contribution is -2.24. The Morgan fingerprint density at radius 2 is 1.60 bits per heavy atom. The predicted octanol–water partition coefficient (Wildman–Crippen LogP) is 3.31. The van der Waals surface area contributed by atoms with Crippen LogP contribution in [0.25, 0.3) is 22.5 Å². The van der Waals surface area contributed by atoms with Crippen molar-refractivity contribution in [3.63, 3.8) is 0 Å². The maximum absolute atomic E-state index is 12.8. The zero-order valence-electron chi connectivity index (χ0n) is 13.9. The number of hydrogen-bond acceptors (Lipinski definition) is 4. The molecule has 0 aliphatic rings. The van der Waals surface area contributed by atoms with Gasteiger partial charge in [-0.25, -0.2) is 4.79 Å². The Morgan fingerprint density at radius 1 is 0.920 bits per heavy atom. The third-order valence-corrected chi connectivity index (χ3v) is 4.15. The number of para-hydroxylation sites is 2. The van der Waals surface area contributed by atoms with Gasteiger partial charge >= 0.3 is 5.69 Å². The summed E-state index contributed by atoms with van der Waals surface area (Å²) >= 11 is 0. The van der Waals surface area contributed by atoms with Crippen LogP contribution in [0.3, 0.4) is 0 Å². The van der Waals surface area contributed by atoms with Gasteiger partial charge in [0.25, 0.3) is 0 Å². The Hall–Kier alpha value is -3.15. The van der Waals surface area contributed by atoms with Crippen LogP contribution in [0.5, 0.6) is 0 Å². The molecule has 2 heterocycles. The molecule has 0 saturated heterocycles. The Labute approximate surface area is 144 Å². The summed E-state index contributed by atoms with van der Waals surface area (Å²) in [5.74, 6) is 0.876. The normalized spacial score (nSPS) is 11.2. The molecule has 0 atom stereocenters. The third kappa shape index (κ3) is 2.76. The zero-order valence-corrected chi connectivity index (χ0v) is 13.9. The van der Waals surface area contributed by atoms with Gasteiger partial charge < -0.3 is 4.42 Å². The van der Waals surface area contributed by atoms with E-state index in [1.807, 2.05) is 54.6 Å². The molecule has 0 bridgehead atoms. The van der Waals surface area contributed by atoms with E-state index in [-0.39, 0.29) is 12.2 Å². The molecule has 126 valence electrons. The summed E-state index contributed by atoms with van der Waals surface area (Å²) in [7, 11) is 0. The molecule has 4 aromatic rings. The largest absolute Gasteiger partial charge is 0.419 e. The minimum Gasteiger partial charge on any atom is -0.419 e. The molecule has 0 saturated carbocycles. The molecule has 4 rings (SSSR count). The zero-order chi connectivity index (χ0) is 17.2. The van der Waals surface area contributed by atoms with Crippen LogP contribution in [-0.2, 0) is 13.1 Å². The van der Waals surface area contributed by atoms with Crippen LogP contribution >= 0.6 is 0 Å².